The van der Waals surface area contributed by atoms with Crippen molar-refractivity contribution in [3.05, 3.63) is 47.6 Å². The SMILES string of the molecule is C=C1C(=O)OC2C=C(C)CC=CC(C=O)=CC(OC(=O)C(C)C)C12. The van der Waals surface area contributed by atoms with Gasteiger partial charge in [0.1, 0.15) is 18.5 Å². The second-order valence-corrected chi connectivity index (χ2v) is 6.38. The first-order valence-electron chi connectivity index (χ1n) is 7.94. The van der Waals surface area contributed by atoms with Gasteiger partial charge in [0.25, 0.3) is 0 Å². The Morgan fingerprint density at radius 2 is 2.12 bits per heavy atom. The molecule has 1 heterocycles. The summed E-state index contributed by atoms with van der Waals surface area (Å²) >= 11 is 0. The molecule has 3 atom stereocenters. The normalized spacial score (nSPS) is 27.1. The van der Waals surface area contributed by atoms with E-state index in [4.69, 9.17) is 9.47 Å². The summed E-state index contributed by atoms with van der Waals surface area (Å²) < 4.78 is 10.9. The third-order valence-corrected chi connectivity index (χ3v) is 4.03. The second kappa shape index (κ2) is 7.43. The van der Waals surface area contributed by atoms with Crippen LogP contribution in [0.2, 0.25) is 0 Å². The molecule has 1 saturated heterocycles. The van der Waals surface area contributed by atoms with Gasteiger partial charge in [0, 0.05) is 11.1 Å². The number of carbonyl (C=O) groups excluding carboxylic acids is 3. The van der Waals surface area contributed by atoms with Gasteiger partial charge in [-0.25, -0.2) is 4.79 Å². The summed E-state index contributed by atoms with van der Waals surface area (Å²) in [5.41, 5.74) is 1.62. The van der Waals surface area contributed by atoms with E-state index in [1.807, 2.05) is 19.1 Å². The van der Waals surface area contributed by atoms with Crippen molar-refractivity contribution in [1.29, 1.82) is 0 Å². The minimum absolute atomic E-state index is 0.247. The first-order valence-corrected chi connectivity index (χ1v) is 7.94. The van der Waals surface area contributed by atoms with Crippen molar-refractivity contribution in [3.63, 3.8) is 0 Å². The minimum Gasteiger partial charge on any atom is -0.457 e. The summed E-state index contributed by atoms with van der Waals surface area (Å²) in [6, 6.07) is 0. The van der Waals surface area contributed by atoms with E-state index in [0.717, 1.165) is 5.57 Å². The van der Waals surface area contributed by atoms with Gasteiger partial charge in [0.2, 0.25) is 0 Å². The molecule has 0 saturated carbocycles. The van der Waals surface area contributed by atoms with E-state index in [1.165, 1.54) is 0 Å². The largest absolute Gasteiger partial charge is 0.457 e. The maximum Gasteiger partial charge on any atom is 0.334 e. The number of carbonyl (C=O) groups is 3. The molecule has 2 aliphatic rings. The highest BCUT2D eigenvalue weighted by Crippen LogP contribution is 2.34. The Kier molecular flexibility index (Phi) is 5.54. The zero-order valence-electron chi connectivity index (χ0n) is 14.2. The molecule has 0 spiro atoms. The van der Waals surface area contributed by atoms with Crippen molar-refractivity contribution < 1.29 is 23.9 Å². The Balaban J connectivity index is 2.49. The quantitative estimate of drug-likeness (QED) is 0.344. The van der Waals surface area contributed by atoms with Gasteiger partial charge in [-0.05, 0) is 25.5 Å². The van der Waals surface area contributed by atoms with Crippen LogP contribution in [0.25, 0.3) is 0 Å². The number of fused-ring (bicyclic) bond motifs is 1. The highest BCUT2D eigenvalue weighted by atomic mass is 16.6. The molecule has 1 fully saturated rings. The Hall–Kier alpha value is -2.43. The molecule has 0 radical (unpaired) electrons. The van der Waals surface area contributed by atoms with Crippen LogP contribution in [-0.4, -0.2) is 30.4 Å². The molecule has 0 N–H and O–H groups in total. The Bertz CT molecular complexity index is 651. The number of aldehydes is 1. The van der Waals surface area contributed by atoms with E-state index in [0.29, 0.717) is 18.3 Å². The topological polar surface area (TPSA) is 69.7 Å². The fourth-order valence-corrected chi connectivity index (χ4v) is 2.66. The van der Waals surface area contributed by atoms with Crippen LogP contribution in [0, 0.1) is 11.8 Å². The summed E-state index contributed by atoms with van der Waals surface area (Å²) in [6.07, 6.45) is 6.91. The number of allylic oxidation sites excluding steroid dienone is 4. The van der Waals surface area contributed by atoms with Crippen LogP contribution in [-0.2, 0) is 23.9 Å². The predicted octanol–water partition coefficient (Wildman–Crippen LogP) is 2.68. The number of hydrogen-bond donors (Lipinski definition) is 0. The monoisotopic (exact) mass is 330 g/mol. The molecule has 24 heavy (non-hydrogen) atoms. The molecule has 0 aromatic heterocycles. The molecule has 128 valence electrons. The molecule has 1 aliphatic heterocycles. The number of esters is 2. The summed E-state index contributed by atoms with van der Waals surface area (Å²) in [6.45, 7) is 9.15. The number of rotatable bonds is 3. The van der Waals surface area contributed by atoms with E-state index in [2.05, 4.69) is 6.58 Å². The number of hydrogen-bond acceptors (Lipinski definition) is 5. The molecule has 0 bridgehead atoms. The third-order valence-electron chi connectivity index (χ3n) is 4.03. The molecule has 0 aromatic carbocycles. The van der Waals surface area contributed by atoms with Gasteiger partial charge in [-0.1, -0.05) is 38.2 Å². The van der Waals surface area contributed by atoms with E-state index in [1.54, 1.807) is 26.0 Å². The van der Waals surface area contributed by atoms with E-state index >= 15 is 0 Å². The van der Waals surface area contributed by atoms with Crippen LogP contribution >= 0.6 is 0 Å². The molecule has 5 heteroatoms. The average Bonchev–Trinajstić information content (AvgIpc) is 2.79. The third kappa shape index (κ3) is 3.91. The predicted molar refractivity (Wildman–Crippen MR) is 88.9 cm³/mol. The van der Waals surface area contributed by atoms with E-state index in [-0.39, 0.29) is 11.5 Å². The van der Waals surface area contributed by atoms with Gasteiger partial charge in [-0.2, -0.15) is 0 Å². The first kappa shape index (κ1) is 17.9. The molecule has 0 amide bonds. The molecule has 3 unspecified atom stereocenters. The van der Waals surface area contributed by atoms with Crippen LogP contribution in [0.1, 0.15) is 27.2 Å². The average molecular weight is 330 g/mol. The van der Waals surface area contributed by atoms with Gasteiger partial charge in [0.05, 0.1) is 11.8 Å². The molecular formula is C19H22O5. The smallest absolute Gasteiger partial charge is 0.334 e. The zero-order chi connectivity index (χ0) is 17.9. The highest BCUT2D eigenvalue weighted by molar-refractivity contribution is 5.91. The molecule has 2 rings (SSSR count). The Morgan fingerprint density at radius 1 is 1.42 bits per heavy atom. The van der Waals surface area contributed by atoms with Gasteiger partial charge in [-0.15, -0.1) is 0 Å². The van der Waals surface area contributed by atoms with Crippen LogP contribution in [0.5, 0.6) is 0 Å². The molecule has 5 nitrogen and oxygen atoms in total. The summed E-state index contributed by atoms with van der Waals surface area (Å²) in [5, 5.41) is 0. The van der Waals surface area contributed by atoms with Crippen molar-refractivity contribution in [1.82, 2.24) is 0 Å². The Labute approximate surface area is 141 Å². The maximum atomic E-state index is 12.1. The second-order valence-electron chi connectivity index (χ2n) is 6.38. The van der Waals surface area contributed by atoms with Crippen molar-refractivity contribution >= 4 is 18.2 Å². The van der Waals surface area contributed by atoms with E-state index < -0.39 is 30.1 Å². The van der Waals surface area contributed by atoms with Crippen molar-refractivity contribution in [3.8, 4) is 0 Å². The van der Waals surface area contributed by atoms with Crippen molar-refractivity contribution in [2.24, 2.45) is 11.8 Å². The molecule has 1 aliphatic carbocycles. The zero-order valence-corrected chi connectivity index (χ0v) is 14.2. The first-order chi connectivity index (χ1) is 11.3. The minimum atomic E-state index is -0.796. The molecular weight excluding hydrogens is 308 g/mol. The van der Waals surface area contributed by atoms with Crippen LogP contribution in [0.3, 0.4) is 0 Å². The van der Waals surface area contributed by atoms with Gasteiger partial charge < -0.3 is 9.47 Å². The van der Waals surface area contributed by atoms with Crippen molar-refractivity contribution in [2.75, 3.05) is 0 Å². The lowest BCUT2D eigenvalue weighted by atomic mass is 9.88. The van der Waals surface area contributed by atoms with Crippen LogP contribution in [0.4, 0.5) is 0 Å². The standard InChI is InChI=1S/C19H22O5/c1-11(2)18(21)23-16-9-14(10-20)7-5-6-12(3)8-15-17(16)13(4)19(22)24-15/h5,7-11,15-17H,4,6H2,1-3H3. The fourth-order valence-electron chi connectivity index (χ4n) is 2.66. The van der Waals surface area contributed by atoms with Gasteiger partial charge in [-0.3, -0.25) is 9.59 Å². The van der Waals surface area contributed by atoms with Crippen LogP contribution in [0.15, 0.2) is 47.6 Å². The number of ether oxygens (including phenoxy) is 2. The fraction of sp³-hybridized carbons (Fsp3) is 0.421. The van der Waals surface area contributed by atoms with Crippen molar-refractivity contribution in [2.45, 2.75) is 39.4 Å². The lowest BCUT2D eigenvalue weighted by Gasteiger charge is -2.25. The lowest BCUT2D eigenvalue weighted by molar-refractivity contribution is -0.153. The van der Waals surface area contributed by atoms with Gasteiger partial charge in [0.15, 0.2) is 0 Å². The Morgan fingerprint density at radius 3 is 2.75 bits per heavy atom. The highest BCUT2D eigenvalue weighted by Gasteiger charge is 2.43. The maximum absolute atomic E-state index is 12.1. The lowest BCUT2D eigenvalue weighted by Crippen LogP contribution is -2.33. The molecule has 0 aromatic rings. The summed E-state index contributed by atoms with van der Waals surface area (Å²) in [5.74, 6) is -1.79. The van der Waals surface area contributed by atoms with E-state index in [9.17, 15) is 14.4 Å². The summed E-state index contributed by atoms with van der Waals surface area (Å²) in [7, 11) is 0. The van der Waals surface area contributed by atoms with Crippen LogP contribution < -0.4 is 0 Å². The van der Waals surface area contributed by atoms with Gasteiger partial charge >= 0.3 is 11.9 Å². The summed E-state index contributed by atoms with van der Waals surface area (Å²) in [4.78, 5) is 35.3.